The van der Waals surface area contributed by atoms with Gasteiger partial charge < -0.3 is 9.84 Å². The van der Waals surface area contributed by atoms with Crippen molar-refractivity contribution in [2.24, 2.45) is 0 Å². The third-order valence-corrected chi connectivity index (χ3v) is 3.13. The second-order valence-electron chi connectivity index (χ2n) is 4.04. The van der Waals surface area contributed by atoms with Gasteiger partial charge in [-0.3, -0.25) is 9.69 Å². The standard InChI is InChI=1S/C15H14ClNO3/c1-20-12-8-6-11(7-9-12)17(15(19)10-18)14-5-3-2-4-13(14)16/h2-9,18H,10H2,1H3. The fraction of sp³-hybridized carbons (Fsp3) is 0.133. The molecule has 104 valence electrons. The Morgan fingerprint density at radius 3 is 2.40 bits per heavy atom. The molecule has 20 heavy (non-hydrogen) atoms. The minimum Gasteiger partial charge on any atom is -0.497 e. The van der Waals surface area contributed by atoms with Gasteiger partial charge in [0, 0.05) is 5.69 Å². The number of amides is 1. The zero-order chi connectivity index (χ0) is 14.5. The van der Waals surface area contributed by atoms with E-state index >= 15 is 0 Å². The zero-order valence-electron chi connectivity index (χ0n) is 10.9. The molecular formula is C15H14ClNO3. The number of ether oxygens (including phenoxy) is 1. The molecule has 4 nitrogen and oxygen atoms in total. The Kier molecular flexibility index (Phi) is 4.61. The highest BCUT2D eigenvalue weighted by Crippen LogP contribution is 2.32. The molecule has 0 atom stereocenters. The Bertz CT molecular complexity index is 598. The number of carbonyl (C=O) groups is 1. The van der Waals surface area contributed by atoms with Crippen molar-refractivity contribution in [2.75, 3.05) is 18.6 Å². The van der Waals surface area contributed by atoms with Gasteiger partial charge in [-0.1, -0.05) is 23.7 Å². The normalized spacial score (nSPS) is 10.2. The van der Waals surface area contributed by atoms with E-state index in [0.717, 1.165) is 0 Å². The van der Waals surface area contributed by atoms with Gasteiger partial charge in [-0.25, -0.2) is 0 Å². The smallest absolute Gasteiger partial charge is 0.257 e. The van der Waals surface area contributed by atoms with E-state index in [0.29, 0.717) is 22.1 Å². The zero-order valence-corrected chi connectivity index (χ0v) is 11.7. The van der Waals surface area contributed by atoms with Gasteiger partial charge in [-0.05, 0) is 36.4 Å². The number of rotatable bonds is 4. The van der Waals surface area contributed by atoms with Gasteiger partial charge in [-0.15, -0.1) is 0 Å². The number of nitrogens with zero attached hydrogens (tertiary/aromatic N) is 1. The molecule has 0 fully saturated rings. The van der Waals surface area contributed by atoms with Crippen LogP contribution in [0.5, 0.6) is 5.75 Å². The summed E-state index contributed by atoms with van der Waals surface area (Å²) in [6.07, 6.45) is 0. The Labute approximate surface area is 122 Å². The van der Waals surface area contributed by atoms with Crippen molar-refractivity contribution >= 4 is 28.9 Å². The average molecular weight is 292 g/mol. The molecule has 2 aromatic rings. The number of hydrogen-bond donors (Lipinski definition) is 1. The van der Waals surface area contributed by atoms with E-state index < -0.39 is 12.5 Å². The summed E-state index contributed by atoms with van der Waals surface area (Å²) in [5.74, 6) is 0.229. The first-order valence-corrected chi connectivity index (χ1v) is 6.37. The second kappa shape index (κ2) is 6.41. The molecule has 0 aromatic heterocycles. The van der Waals surface area contributed by atoms with Gasteiger partial charge in [0.1, 0.15) is 12.4 Å². The first-order chi connectivity index (χ1) is 9.67. The summed E-state index contributed by atoms with van der Waals surface area (Å²) in [6.45, 7) is -0.600. The summed E-state index contributed by atoms with van der Waals surface area (Å²) < 4.78 is 5.09. The Hall–Kier alpha value is -2.04. The van der Waals surface area contributed by atoms with Gasteiger partial charge >= 0.3 is 0 Å². The van der Waals surface area contributed by atoms with E-state index in [1.807, 2.05) is 0 Å². The molecule has 0 aliphatic rings. The lowest BCUT2D eigenvalue weighted by molar-refractivity contribution is -0.120. The molecule has 0 heterocycles. The fourth-order valence-corrected chi connectivity index (χ4v) is 2.07. The van der Waals surface area contributed by atoms with Crippen LogP contribution in [0.15, 0.2) is 48.5 Å². The average Bonchev–Trinajstić information content (AvgIpc) is 2.50. The topological polar surface area (TPSA) is 49.8 Å². The summed E-state index contributed by atoms with van der Waals surface area (Å²) in [5.41, 5.74) is 1.14. The van der Waals surface area contributed by atoms with E-state index in [-0.39, 0.29) is 0 Å². The Balaban J connectivity index is 2.47. The van der Waals surface area contributed by atoms with Gasteiger partial charge in [-0.2, -0.15) is 0 Å². The highest BCUT2D eigenvalue weighted by atomic mass is 35.5. The number of methoxy groups -OCH3 is 1. The molecule has 0 radical (unpaired) electrons. The predicted molar refractivity (Wildman–Crippen MR) is 78.7 cm³/mol. The van der Waals surface area contributed by atoms with Gasteiger partial charge in [0.15, 0.2) is 0 Å². The van der Waals surface area contributed by atoms with E-state index in [1.165, 1.54) is 4.90 Å². The van der Waals surface area contributed by atoms with E-state index in [4.69, 9.17) is 21.4 Å². The van der Waals surface area contributed by atoms with Crippen molar-refractivity contribution in [1.82, 2.24) is 0 Å². The summed E-state index contributed by atoms with van der Waals surface area (Å²) >= 11 is 6.13. The molecule has 0 saturated heterocycles. The number of aliphatic hydroxyl groups excluding tert-OH is 1. The van der Waals surface area contributed by atoms with E-state index in [9.17, 15) is 4.79 Å². The molecule has 0 aliphatic heterocycles. The van der Waals surface area contributed by atoms with Crippen LogP contribution in [0.25, 0.3) is 0 Å². The Morgan fingerprint density at radius 1 is 1.20 bits per heavy atom. The molecule has 0 bridgehead atoms. The quantitative estimate of drug-likeness (QED) is 0.942. The predicted octanol–water partition coefficient (Wildman–Crippen LogP) is 3.01. The van der Waals surface area contributed by atoms with Crippen LogP contribution in [-0.2, 0) is 4.79 Å². The highest BCUT2D eigenvalue weighted by molar-refractivity contribution is 6.34. The number of para-hydroxylation sites is 1. The number of aliphatic hydroxyl groups is 1. The van der Waals surface area contributed by atoms with Crippen molar-refractivity contribution in [3.05, 3.63) is 53.6 Å². The maximum Gasteiger partial charge on any atom is 0.257 e. The van der Waals surface area contributed by atoms with Gasteiger partial charge in [0.25, 0.3) is 5.91 Å². The summed E-state index contributed by atoms with van der Waals surface area (Å²) in [4.78, 5) is 13.4. The maximum absolute atomic E-state index is 12.0. The lowest BCUT2D eigenvalue weighted by atomic mass is 10.2. The third-order valence-electron chi connectivity index (χ3n) is 2.81. The number of hydrogen-bond acceptors (Lipinski definition) is 3. The van der Waals surface area contributed by atoms with Crippen molar-refractivity contribution < 1.29 is 14.6 Å². The van der Waals surface area contributed by atoms with Crippen LogP contribution in [-0.4, -0.2) is 24.7 Å². The monoisotopic (exact) mass is 291 g/mol. The lowest BCUT2D eigenvalue weighted by Crippen LogP contribution is -2.28. The number of halogens is 1. The van der Waals surface area contributed by atoms with Crippen LogP contribution in [0, 0.1) is 0 Å². The van der Waals surface area contributed by atoms with E-state index in [1.54, 1.807) is 55.6 Å². The van der Waals surface area contributed by atoms with Crippen LogP contribution in [0.2, 0.25) is 5.02 Å². The number of benzene rings is 2. The van der Waals surface area contributed by atoms with Crippen molar-refractivity contribution in [2.45, 2.75) is 0 Å². The second-order valence-corrected chi connectivity index (χ2v) is 4.44. The molecule has 5 heteroatoms. The summed E-state index contributed by atoms with van der Waals surface area (Å²) in [5, 5.41) is 9.60. The largest absolute Gasteiger partial charge is 0.497 e. The SMILES string of the molecule is COc1ccc(N(C(=O)CO)c2ccccc2Cl)cc1. The summed E-state index contributed by atoms with van der Waals surface area (Å²) in [7, 11) is 1.57. The van der Waals surface area contributed by atoms with Crippen LogP contribution in [0.1, 0.15) is 0 Å². The van der Waals surface area contributed by atoms with Crippen LogP contribution in [0.4, 0.5) is 11.4 Å². The van der Waals surface area contributed by atoms with Crippen LogP contribution in [0.3, 0.4) is 0 Å². The molecule has 0 unspecified atom stereocenters. The minimum absolute atomic E-state index is 0.435. The first-order valence-electron chi connectivity index (χ1n) is 5.99. The van der Waals surface area contributed by atoms with Crippen molar-refractivity contribution in [3.63, 3.8) is 0 Å². The van der Waals surface area contributed by atoms with Gasteiger partial charge in [0.2, 0.25) is 0 Å². The number of anilines is 2. The Morgan fingerprint density at radius 2 is 1.85 bits per heavy atom. The third kappa shape index (κ3) is 2.92. The molecule has 0 saturated carbocycles. The first kappa shape index (κ1) is 14.4. The minimum atomic E-state index is -0.600. The van der Waals surface area contributed by atoms with Gasteiger partial charge in [0.05, 0.1) is 17.8 Å². The molecule has 0 spiro atoms. The van der Waals surface area contributed by atoms with Crippen LogP contribution < -0.4 is 9.64 Å². The van der Waals surface area contributed by atoms with Crippen molar-refractivity contribution in [1.29, 1.82) is 0 Å². The lowest BCUT2D eigenvalue weighted by Gasteiger charge is -2.23. The van der Waals surface area contributed by atoms with Crippen molar-refractivity contribution in [3.8, 4) is 5.75 Å². The number of carbonyl (C=O) groups excluding carboxylic acids is 1. The maximum atomic E-state index is 12.0. The molecular weight excluding hydrogens is 278 g/mol. The van der Waals surface area contributed by atoms with Crippen LogP contribution >= 0.6 is 11.6 Å². The fourth-order valence-electron chi connectivity index (χ4n) is 1.85. The summed E-state index contributed by atoms with van der Waals surface area (Å²) in [6, 6.07) is 13.9. The molecule has 2 rings (SSSR count). The molecule has 1 N–H and O–H groups in total. The molecule has 1 amide bonds. The highest BCUT2D eigenvalue weighted by Gasteiger charge is 2.19. The van der Waals surface area contributed by atoms with E-state index in [2.05, 4.69) is 0 Å². The molecule has 0 aliphatic carbocycles. The molecule has 2 aromatic carbocycles.